The second-order valence-electron chi connectivity index (χ2n) is 5.47. The first-order chi connectivity index (χ1) is 10.8. The summed E-state index contributed by atoms with van der Waals surface area (Å²) < 4.78 is 2.10. The topological polar surface area (TPSA) is 22.0 Å². The number of halogens is 1. The summed E-state index contributed by atoms with van der Waals surface area (Å²) in [6.45, 7) is 0.876. The molecule has 0 unspecified atom stereocenters. The van der Waals surface area contributed by atoms with Crippen molar-refractivity contribution in [3.05, 3.63) is 70.9 Å². The molecule has 0 atom stereocenters. The number of aldehydes is 1. The molecule has 112 valence electrons. The van der Waals surface area contributed by atoms with Crippen molar-refractivity contribution in [2.24, 2.45) is 0 Å². The molecule has 0 saturated heterocycles. The van der Waals surface area contributed by atoms with E-state index in [4.69, 9.17) is 11.6 Å². The van der Waals surface area contributed by atoms with Gasteiger partial charge in [-0.25, -0.2) is 0 Å². The number of benzene rings is 2. The van der Waals surface area contributed by atoms with Gasteiger partial charge < -0.3 is 4.57 Å². The fourth-order valence-electron chi connectivity index (χ4n) is 2.87. The van der Waals surface area contributed by atoms with Gasteiger partial charge in [-0.2, -0.15) is 0 Å². The van der Waals surface area contributed by atoms with E-state index in [1.807, 2.05) is 30.5 Å². The second kappa shape index (κ2) is 6.80. The summed E-state index contributed by atoms with van der Waals surface area (Å²) in [5, 5.41) is 1.64. The Kier molecular flexibility index (Phi) is 4.59. The van der Waals surface area contributed by atoms with Gasteiger partial charge in [-0.3, -0.25) is 4.79 Å². The van der Waals surface area contributed by atoms with Gasteiger partial charge in [0.2, 0.25) is 0 Å². The molecule has 0 bridgehead atoms. The number of rotatable bonds is 6. The molecule has 0 amide bonds. The first-order valence-corrected chi connectivity index (χ1v) is 7.94. The molecule has 3 aromatic rings. The summed E-state index contributed by atoms with van der Waals surface area (Å²) in [5.74, 6) is 0. The minimum atomic E-state index is 0.702. The SMILES string of the molecule is O=Cc1cn(CCCCc2ccccc2)c2c(Cl)cccc12. The van der Waals surface area contributed by atoms with Crippen molar-refractivity contribution in [2.45, 2.75) is 25.8 Å². The number of aryl methyl sites for hydroxylation is 2. The number of nitrogens with zero attached hydrogens (tertiary/aromatic N) is 1. The van der Waals surface area contributed by atoms with Gasteiger partial charge in [0, 0.05) is 23.7 Å². The molecule has 0 spiro atoms. The third-order valence-corrected chi connectivity index (χ3v) is 4.27. The molecule has 0 saturated carbocycles. The van der Waals surface area contributed by atoms with Gasteiger partial charge >= 0.3 is 0 Å². The largest absolute Gasteiger partial charge is 0.346 e. The number of para-hydroxylation sites is 1. The molecule has 3 rings (SSSR count). The minimum Gasteiger partial charge on any atom is -0.346 e. The first-order valence-electron chi connectivity index (χ1n) is 7.56. The van der Waals surface area contributed by atoms with Crippen molar-refractivity contribution in [1.29, 1.82) is 0 Å². The predicted molar refractivity (Wildman–Crippen MR) is 91.7 cm³/mol. The van der Waals surface area contributed by atoms with E-state index >= 15 is 0 Å². The maximum absolute atomic E-state index is 11.2. The van der Waals surface area contributed by atoms with Crippen LogP contribution in [0.3, 0.4) is 0 Å². The molecule has 2 aromatic carbocycles. The lowest BCUT2D eigenvalue weighted by Gasteiger charge is -2.07. The van der Waals surface area contributed by atoms with Crippen LogP contribution in [0, 0.1) is 0 Å². The van der Waals surface area contributed by atoms with E-state index in [9.17, 15) is 4.79 Å². The summed E-state index contributed by atoms with van der Waals surface area (Å²) in [7, 11) is 0. The van der Waals surface area contributed by atoms with Crippen LogP contribution in [0.25, 0.3) is 10.9 Å². The Morgan fingerprint density at radius 2 is 1.82 bits per heavy atom. The van der Waals surface area contributed by atoms with E-state index in [0.717, 1.165) is 43.0 Å². The molecule has 0 aliphatic heterocycles. The zero-order valence-corrected chi connectivity index (χ0v) is 13.1. The Labute approximate surface area is 135 Å². The van der Waals surface area contributed by atoms with Gasteiger partial charge in [0.05, 0.1) is 10.5 Å². The van der Waals surface area contributed by atoms with Crippen LogP contribution >= 0.6 is 11.6 Å². The quantitative estimate of drug-likeness (QED) is 0.457. The first kappa shape index (κ1) is 14.9. The molecule has 22 heavy (non-hydrogen) atoms. The summed E-state index contributed by atoms with van der Waals surface area (Å²) in [6, 6.07) is 16.2. The number of carbonyl (C=O) groups is 1. The molecule has 0 fully saturated rings. The molecule has 1 heterocycles. The van der Waals surface area contributed by atoms with E-state index < -0.39 is 0 Å². The Hall–Kier alpha value is -2.06. The highest BCUT2D eigenvalue weighted by Gasteiger charge is 2.10. The van der Waals surface area contributed by atoms with Gasteiger partial charge in [0.25, 0.3) is 0 Å². The average Bonchev–Trinajstić information content (AvgIpc) is 2.92. The lowest BCUT2D eigenvalue weighted by atomic mass is 10.1. The van der Waals surface area contributed by atoms with Crippen molar-refractivity contribution in [3.8, 4) is 0 Å². The highest BCUT2D eigenvalue weighted by Crippen LogP contribution is 2.27. The van der Waals surface area contributed by atoms with Crippen LogP contribution < -0.4 is 0 Å². The zero-order chi connectivity index (χ0) is 15.4. The lowest BCUT2D eigenvalue weighted by molar-refractivity contribution is 0.112. The molecular weight excluding hydrogens is 294 g/mol. The van der Waals surface area contributed by atoms with Crippen molar-refractivity contribution >= 4 is 28.8 Å². The fourth-order valence-corrected chi connectivity index (χ4v) is 3.15. The van der Waals surface area contributed by atoms with Crippen molar-refractivity contribution in [2.75, 3.05) is 0 Å². The fraction of sp³-hybridized carbons (Fsp3) is 0.211. The van der Waals surface area contributed by atoms with Gasteiger partial charge in [-0.05, 0) is 30.9 Å². The lowest BCUT2D eigenvalue weighted by Crippen LogP contribution is -1.97. The van der Waals surface area contributed by atoms with Crippen LogP contribution in [-0.4, -0.2) is 10.9 Å². The Morgan fingerprint density at radius 1 is 1.00 bits per heavy atom. The van der Waals surface area contributed by atoms with Gasteiger partial charge in [0.1, 0.15) is 0 Å². The smallest absolute Gasteiger partial charge is 0.152 e. The molecule has 2 nitrogen and oxygen atoms in total. The van der Waals surface area contributed by atoms with Crippen LogP contribution in [0.15, 0.2) is 54.7 Å². The maximum atomic E-state index is 11.2. The number of hydrogen-bond donors (Lipinski definition) is 0. The highest BCUT2D eigenvalue weighted by molar-refractivity contribution is 6.35. The van der Waals surface area contributed by atoms with E-state index in [1.54, 1.807) is 0 Å². The number of unbranched alkanes of at least 4 members (excludes halogenated alkanes) is 1. The molecule has 0 N–H and O–H groups in total. The molecular formula is C19H18ClNO. The van der Waals surface area contributed by atoms with Gasteiger partial charge in [-0.15, -0.1) is 0 Å². The standard InChI is InChI=1S/C19H18ClNO/c20-18-11-6-10-17-16(14-22)13-21(19(17)18)12-5-4-9-15-7-2-1-3-8-15/h1-3,6-8,10-11,13-14H,4-5,9,12H2. The Bertz CT molecular complexity index is 777. The van der Waals surface area contributed by atoms with Crippen LogP contribution in [-0.2, 0) is 13.0 Å². The van der Waals surface area contributed by atoms with Crippen molar-refractivity contribution in [1.82, 2.24) is 4.57 Å². The van der Waals surface area contributed by atoms with Gasteiger partial charge in [0.15, 0.2) is 6.29 Å². The van der Waals surface area contributed by atoms with Crippen LogP contribution in [0.5, 0.6) is 0 Å². The molecule has 0 radical (unpaired) electrons. The number of fused-ring (bicyclic) bond motifs is 1. The van der Waals surface area contributed by atoms with Crippen LogP contribution in [0.2, 0.25) is 5.02 Å². The van der Waals surface area contributed by atoms with Gasteiger partial charge in [-0.1, -0.05) is 54.1 Å². The Balaban J connectivity index is 1.70. The molecule has 0 aliphatic carbocycles. The Morgan fingerprint density at radius 3 is 2.59 bits per heavy atom. The molecule has 1 aromatic heterocycles. The molecule has 3 heteroatoms. The van der Waals surface area contributed by atoms with E-state index in [-0.39, 0.29) is 0 Å². The zero-order valence-electron chi connectivity index (χ0n) is 12.3. The molecule has 0 aliphatic rings. The average molecular weight is 312 g/mol. The maximum Gasteiger partial charge on any atom is 0.152 e. The number of hydrogen-bond acceptors (Lipinski definition) is 1. The normalized spacial score (nSPS) is 11.0. The third-order valence-electron chi connectivity index (χ3n) is 3.96. The van der Waals surface area contributed by atoms with Crippen molar-refractivity contribution in [3.63, 3.8) is 0 Å². The summed E-state index contributed by atoms with van der Waals surface area (Å²) >= 11 is 6.30. The number of aromatic nitrogens is 1. The predicted octanol–water partition coefficient (Wildman–Crippen LogP) is 5.13. The second-order valence-corrected chi connectivity index (χ2v) is 5.88. The van der Waals surface area contributed by atoms with Crippen LogP contribution in [0.1, 0.15) is 28.8 Å². The summed E-state index contributed by atoms with van der Waals surface area (Å²) in [5.41, 5.74) is 3.04. The third kappa shape index (κ3) is 3.07. The minimum absolute atomic E-state index is 0.702. The number of carbonyl (C=O) groups excluding carboxylic acids is 1. The van der Waals surface area contributed by atoms with Crippen molar-refractivity contribution < 1.29 is 4.79 Å². The summed E-state index contributed by atoms with van der Waals surface area (Å²) in [4.78, 5) is 11.2. The van der Waals surface area contributed by atoms with E-state index in [1.165, 1.54) is 5.56 Å². The van der Waals surface area contributed by atoms with E-state index in [2.05, 4.69) is 28.8 Å². The highest BCUT2D eigenvalue weighted by atomic mass is 35.5. The van der Waals surface area contributed by atoms with Crippen LogP contribution in [0.4, 0.5) is 0 Å². The monoisotopic (exact) mass is 311 g/mol. The summed E-state index contributed by atoms with van der Waals surface area (Å²) in [6.07, 6.45) is 6.06. The van der Waals surface area contributed by atoms with E-state index in [0.29, 0.717) is 10.6 Å².